The standard InChI is InChI=1S/C22H21ClN2O3/c23-20-16(4-3-5-17(20)18-10-11-19(26)24-21(18)27)14-6-8-15(9-7-14)22(28)25-12-1-2-13-25/h3-9,18H,1-2,10-13H2,(H,24,26,27). The first kappa shape index (κ1) is 18.7. The lowest BCUT2D eigenvalue weighted by Gasteiger charge is -2.23. The van der Waals surface area contributed by atoms with E-state index < -0.39 is 5.92 Å². The molecule has 6 heteroatoms. The second kappa shape index (κ2) is 7.76. The van der Waals surface area contributed by atoms with Gasteiger partial charge in [0.25, 0.3) is 5.91 Å². The van der Waals surface area contributed by atoms with Crippen molar-refractivity contribution in [1.29, 1.82) is 0 Å². The van der Waals surface area contributed by atoms with Gasteiger partial charge in [0.15, 0.2) is 0 Å². The van der Waals surface area contributed by atoms with E-state index in [9.17, 15) is 14.4 Å². The van der Waals surface area contributed by atoms with Crippen molar-refractivity contribution in [3.63, 3.8) is 0 Å². The van der Waals surface area contributed by atoms with Crippen LogP contribution >= 0.6 is 11.6 Å². The summed E-state index contributed by atoms with van der Waals surface area (Å²) in [5.41, 5.74) is 3.09. The Morgan fingerprint density at radius 2 is 1.75 bits per heavy atom. The van der Waals surface area contributed by atoms with E-state index in [0.29, 0.717) is 23.4 Å². The number of likely N-dealkylation sites (tertiary alicyclic amines) is 1. The number of hydrogen-bond acceptors (Lipinski definition) is 3. The summed E-state index contributed by atoms with van der Waals surface area (Å²) in [6.07, 6.45) is 2.89. The molecule has 2 heterocycles. The molecule has 2 aromatic carbocycles. The summed E-state index contributed by atoms with van der Waals surface area (Å²) < 4.78 is 0. The van der Waals surface area contributed by atoms with Crippen molar-refractivity contribution >= 4 is 29.3 Å². The van der Waals surface area contributed by atoms with Crippen molar-refractivity contribution in [1.82, 2.24) is 10.2 Å². The molecule has 2 fully saturated rings. The minimum atomic E-state index is -0.429. The zero-order chi connectivity index (χ0) is 19.7. The molecule has 0 radical (unpaired) electrons. The van der Waals surface area contributed by atoms with Crippen LogP contribution in [0.4, 0.5) is 0 Å². The average Bonchev–Trinajstić information content (AvgIpc) is 3.23. The first-order valence-corrected chi connectivity index (χ1v) is 9.94. The predicted octanol–water partition coefficient (Wildman–Crippen LogP) is 3.76. The van der Waals surface area contributed by atoms with Crippen molar-refractivity contribution in [2.45, 2.75) is 31.6 Å². The summed E-state index contributed by atoms with van der Waals surface area (Å²) in [6, 6.07) is 13.0. The molecule has 2 aliphatic rings. The first-order chi connectivity index (χ1) is 13.5. The summed E-state index contributed by atoms with van der Waals surface area (Å²) in [5, 5.41) is 2.89. The Morgan fingerprint density at radius 1 is 1.04 bits per heavy atom. The maximum absolute atomic E-state index is 12.5. The zero-order valence-electron chi connectivity index (χ0n) is 15.4. The molecular formula is C22H21ClN2O3. The fourth-order valence-electron chi connectivity index (χ4n) is 3.93. The van der Waals surface area contributed by atoms with Crippen LogP contribution in [0.1, 0.15) is 47.5 Å². The molecule has 4 rings (SSSR count). The molecule has 1 atom stereocenters. The van der Waals surface area contributed by atoms with Crippen LogP contribution in [-0.4, -0.2) is 35.7 Å². The average molecular weight is 397 g/mol. The molecule has 1 N–H and O–H groups in total. The summed E-state index contributed by atoms with van der Waals surface area (Å²) >= 11 is 6.64. The summed E-state index contributed by atoms with van der Waals surface area (Å²) in [5.74, 6) is -0.915. The Morgan fingerprint density at radius 3 is 2.43 bits per heavy atom. The van der Waals surface area contributed by atoms with E-state index in [1.807, 2.05) is 47.4 Å². The number of imide groups is 1. The van der Waals surface area contributed by atoms with Gasteiger partial charge in [-0.2, -0.15) is 0 Å². The van der Waals surface area contributed by atoms with Gasteiger partial charge in [0.05, 0.1) is 10.9 Å². The van der Waals surface area contributed by atoms with Crippen LogP contribution in [0, 0.1) is 0 Å². The highest BCUT2D eigenvalue weighted by atomic mass is 35.5. The first-order valence-electron chi connectivity index (χ1n) is 9.56. The quantitative estimate of drug-likeness (QED) is 0.803. The van der Waals surface area contributed by atoms with Crippen molar-refractivity contribution in [2.75, 3.05) is 13.1 Å². The Labute approximate surface area is 168 Å². The lowest BCUT2D eigenvalue weighted by Crippen LogP contribution is -2.39. The Balaban J connectivity index is 1.60. The number of benzene rings is 2. The predicted molar refractivity (Wildman–Crippen MR) is 107 cm³/mol. The Kier molecular flexibility index (Phi) is 5.18. The van der Waals surface area contributed by atoms with Crippen molar-refractivity contribution in [2.24, 2.45) is 0 Å². The van der Waals surface area contributed by atoms with E-state index in [0.717, 1.165) is 42.6 Å². The van der Waals surface area contributed by atoms with E-state index in [4.69, 9.17) is 11.6 Å². The second-order valence-corrected chi connectivity index (χ2v) is 7.67. The molecule has 0 aliphatic carbocycles. The highest BCUT2D eigenvalue weighted by Crippen LogP contribution is 2.37. The number of carbonyl (C=O) groups excluding carboxylic acids is 3. The van der Waals surface area contributed by atoms with Gasteiger partial charge in [0, 0.05) is 30.6 Å². The molecule has 2 aliphatic heterocycles. The summed E-state index contributed by atoms with van der Waals surface area (Å²) in [6.45, 7) is 1.64. The van der Waals surface area contributed by atoms with Crippen molar-refractivity contribution in [3.05, 3.63) is 58.6 Å². The molecule has 3 amide bonds. The third kappa shape index (κ3) is 3.54. The summed E-state index contributed by atoms with van der Waals surface area (Å²) in [4.78, 5) is 38.0. The van der Waals surface area contributed by atoms with Crippen LogP contribution in [0.15, 0.2) is 42.5 Å². The SMILES string of the molecule is O=C1CCC(c2cccc(-c3ccc(C(=O)N4CCCC4)cc3)c2Cl)C(=O)N1. The highest BCUT2D eigenvalue weighted by molar-refractivity contribution is 6.34. The number of halogens is 1. The highest BCUT2D eigenvalue weighted by Gasteiger charge is 2.30. The number of rotatable bonds is 3. The fraction of sp³-hybridized carbons (Fsp3) is 0.318. The number of hydrogen-bond donors (Lipinski definition) is 1. The second-order valence-electron chi connectivity index (χ2n) is 7.29. The fourth-order valence-corrected chi connectivity index (χ4v) is 4.29. The molecule has 2 saturated heterocycles. The van der Waals surface area contributed by atoms with E-state index in [1.165, 1.54) is 0 Å². The van der Waals surface area contributed by atoms with E-state index in [1.54, 1.807) is 0 Å². The van der Waals surface area contributed by atoms with Gasteiger partial charge in [0.1, 0.15) is 0 Å². The minimum absolute atomic E-state index is 0.0624. The minimum Gasteiger partial charge on any atom is -0.339 e. The number of amides is 3. The molecule has 0 saturated carbocycles. The van der Waals surface area contributed by atoms with Crippen LogP contribution in [-0.2, 0) is 9.59 Å². The maximum Gasteiger partial charge on any atom is 0.253 e. The van der Waals surface area contributed by atoms with E-state index in [-0.39, 0.29) is 17.7 Å². The van der Waals surface area contributed by atoms with Crippen LogP contribution in [0.25, 0.3) is 11.1 Å². The van der Waals surface area contributed by atoms with Gasteiger partial charge in [-0.05, 0) is 42.5 Å². The smallest absolute Gasteiger partial charge is 0.253 e. The number of carbonyl (C=O) groups is 3. The third-order valence-corrected chi connectivity index (χ3v) is 5.90. The molecule has 2 aromatic rings. The molecule has 28 heavy (non-hydrogen) atoms. The van der Waals surface area contributed by atoms with E-state index >= 15 is 0 Å². The van der Waals surface area contributed by atoms with Gasteiger partial charge in [0.2, 0.25) is 11.8 Å². The molecule has 0 bridgehead atoms. The van der Waals surface area contributed by atoms with Crippen LogP contribution < -0.4 is 5.32 Å². The normalized spacial score (nSPS) is 19.6. The van der Waals surface area contributed by atoms with Gasteiger partial charge in [-0.3, -0.25) is 19.7 Å². The lowest BCUT2D eigenvalue weighted by molar-refractivity contribution is -0.134. The van der Waals surface area contributed by atoms with Crippen LogP contribution in [0.5, 0.6) is 0 Å². The van der Waals surface area contributed by atoms with Gasteiger partial charge >= 0.3 is 0 Å². The lowest BCUT2D eigenvalue weighted by atomic mass is 9.88. The topological polar surface area (TPSA) is 66.5 Å². The molecule has 144 valence electrons. The van der Waals surface area contributed by atoms with Gasteiger partial charge in [-0.25, -0.2) is 0 Å². The Bertz CT molecular complexity index is 933. The molecule has 0 aromatic heterocycles. The number of nitrogens with one attached hydrogen (secondary N) is 1. The van der Waals surface area contributed by atoms with Gasteiger partial charge in [-0.1, -0.05) is 41.9 Å². The van der Waals surface area contributed by atoms with E-state index in [2.05, 4.69) is 5.32 Å². The molecular weight excluding hydrogens is 376 g/mol. The molecule has 5 nitrogen and oxygen atoms in total. The summed E-state index contributed by atoms with van der Waals surface area (Å²) in [7, 11) is 0. The third-order valence-electron chi connectivity index (χ3n) is 5.48. The van der Waals surface area contributed by atoms with Gasteiger partial charge < -0.3 is 4.90 Å². The largest absolute Gasteiger partial charge is 0.339 e. The van der Waals surface area contributed by atoms with Crippen molar-refractivity contribution < 1.29 is 14.4 Å². The van der Waals surface area contributed by atoms with Crippen LogP contribution in [0.3, 0.4) is 0 Å². The van der Waals surface area contributed by atoms with Crippen molar-refractivity contribution in [3.8, 4) is 11.1 Å². The maximum atomic E-state index is 12.5. The molecule has 0 spiro atoms. The zero-order valence-corrected chi connectivity index (χ0v) is 16.2. The number of nitrogens with zero attached hydrogens (tertiary/aromatic N) is 1. The monoisotopic (exact) mass is 396 g/mol. The van der Waals surface area contributed by atoms with Crippen LogP contribution in [0.2, 0.25) is 5.02 Å². The van der Waals surface area contributed by atoms with Gasteiger partial charge in [-0.15, -0.1) is 0 Å². The Hall–Kier alpha value is -2.66. The number of piperidine rings is 1. The molecule has 1 unspecified atom stereocenters.